The van der Waals surface area contributed by atoms with Gasteiger partial charge in [-0.1, -0.05) is 36.4 Å². The van der Waals surface area contributed by atoms with E-state index in [2.05, 4.69) is 30.3 Å². The Kier molecular flexibility index (Phi) is 4.80. The van der Waals surface area contributed by atoms with E-state index in [0.29, 0.717) is 17.6 Å². The van der Waals surface area contributed by atoms with Gasteiger partial charge in [0.2, 0.25) is 0 Å². The van der Waals surface area contributed by atoms with Crippen LogP contribution in [0.5, 0.6) is 5.75 Å². The zero-order valence-corrected chi connectivity index (χ0v) is 14.8. The monoisotopic (exact) mass is 336 g/mol. The Bertz CT molecular complexity index is 701. The van der Waals surface area contributed by atoms with Gasteiger partial charge in [-0.15, -0.1) is 0 Å². The Morgan fingerprint density at radius 3 is 2.32 bits per heavy atom. The molecule has 2 aliphatic rings. The lowest BCUT2D eigenvalue weighted by Crippen LogP contribution is -2.22. The van der Waals surface area contributed by atoms with E-state index in [1.165, 1.54) is 31.2 Å². The summed E-state index contributed by atoms with van der Waals surface area (Å²) in [5.74, 6) is 2.36. The summed E-state index contributed by atoms with van der Waals surface area (Å²) in [4.78, 5) is 0. The molecule has 0 spiro atoms. The largest absolute Gasteiger partial charge is 0.508 e. The van der Waals surface area contributed by atoms with Crippen LogP contribution >= 0.6 is 0 Å². The lowest BCUT2D eigenvalue weighted by Gasteiger charge is -2.34. The first-order valence-corrected chi connectivity index (χ1v) is 9.75. The summed E-state index contributed by atoms with van der Waals surface area (Å²) in [5.41, 5.74) is 3.65. The molecule has 2 aromatic carbocycles. The third-order valence-corrected chi connectivity index (χ3v) is 6.51. The number of aryl methyl sites for hydroxylation is 1. The van der Waals surface area contributed by atoms with Crippen molar-refractivity contribution in [3.8, 4) is 5.75 Å². The molecule has 0 aromatic heterocycles. The molecule has 1 fully saturated rings. The summed E-state index contributed by atoms with van der Waals surface area (Å²) in [5, 5.41) is 20.4. The molecule has 0 radical (unpaired) electrons. The minimum absolute atomic E-state index is 0.313. The molecule has 0 saturated heterocycles. The summed E-state index contributed by atoms with van der Waals surface area (Å²) in [6, 6.07) is 16.4. The van der Waals surface area contributed by atoms with Crippen LogP contribution < -0.4 is 0 Å². The van der Waals surface area contributed by atoms with Crippen molar-refractivity contribution in [3.63, 3.8) is 0 Å². The number of aliphatic hydroxyl groups is 1. The average molecular weight is 336 g/mol. The van der Waals surface area contributed by atoms with Crippen molar-refractivity contribution in [1.82, 2.24) is 0 Å². The van der Waals surface area contributed by atoms with Gasteiger partial charge in [0.25, 0.3) is 0 Å². The van der Waals surface area contributed by atoms with Crippen molar-refractivity contribution in [3.05, 3.63) is 65.2 Å². The van der Waals surface area contributed by atoms with Gasteiger partial charge in [0.1, 0.15) is 5.75 Å². The van der Waals surface area contributed by atoms with Crippen molar-refractivity contribution < 1.29 is 10.2 Å². The van der Waals surface area contributed by atoms with E-state index in [-0.39, 0.29) is 6.10 Å². The summed E-state index contributed by atoms with van der Waals surface area (Å²) in [6.45, 7) is 0. The number of phenolic OH excluding ortho intramolecular Hbond substituents is 1. The number of rotatable bonds is 2. The Labute approximate surface area is 150 Å². The van der Waals surface area contributed by atoms with E-state index in [0.717, 1.165) is 36.3 Å². The maximum absolute atomic E-state index is 10.7. The molecule has 0 amide bonds. The maximum atomic E-state index is 10.7. The van der Waals surface area contributed by atoms with Crippen molar-refractivity contribution in [1.29, 1.82) is 0 Å². The predicted octanol–water partition coefficient (Wildman–Crippen LogP) is 5.35. The summed E-state index contributed by atoms with van der Waals surface area (Å²) >= 11 is 0. The molecular weight excluding hydrogens is 308 g/mol. The number of phenols is 1. The molecule has 2 atom stereocenters. The third-order valence-electron chi connectivity index (χ3n) is 6.51. The van der Waals surface area contributed by atoms with Crippen LogP contribution in [0, 0.1) is 11.8 Å². The van der Waals surface area contributed by atoms with E-state index < -0.39 is 0 Å². The van der Waals surface area contributed by atoms with Gasteiger partial charge in [-0.25, -0.2) is 0 Å². The molecule has 2 nitrogen and oxygen atoms in total. The Hall–Kier alpha value is -1.80. The van der Waals surface area contributed by atoms with Crippen molar-refractivity contribution >= 4 is 0 Å². The van der Waals surface area contributed by atoms with Gasteiger partial charge >= 0.3 is 0 Å². The van der Waals surface area contributed by atoms with Crippen molar-refractivity contribution in [2.45, 2.75) is 57.0 Å². The topological polar surface area (TPSA) is 40.5 Å². The summed E-state index contributed by atoms with van der Waals surface area (Å²) in [7, 11) is 0. The van der Waals surface area contributed by atoms with Crippen LogP contribution in [0.3, 0.4) is 0 Å². The highest BCUT2D eigenvalue weighted by atomic mass is 16.3. The molecule has 132 valence electrons. The fourth-order valence-corrected chi connectivity index (χ4v) is 5.08. The molecule has 2 aromatic rings. The minimum atomic E-state index is -0.380. The normalized spacial score (nSPS) is 29.6. The van der Waals surface area contributed by atoms with E-state index in [1.807, 2.05) is 12.1 Å². The molecule has 2 heteroatoms. The van der Waals surface area contributed by atoms with Gasteiger partial charge in [-0.05, 0) is 91.5 Å². The van der Waals surface area contributed by atoms with Gasteiger partial charge in [0.15, 0.2) is 0 Å². The highest BCUT2D eigenvalue weighted by Crippen LogP contribution is 2.44. The highest BCUT2D eigenvalue weighted by Gasteiger charge is 2.32. The van der Waals surface area contributed by atoms with E-state index in [1.54, 1.807) is 6.07 Å². The second kappa shape index (κ2) is 7.21. The van der Waals surface area contributed by atoms with Crippen LogP contribution in [0.15, 0.2) is 48.5 Å². The molecule has 25 heavy (non-hydrogen) atoms. The molecule has 0 heterocycles. The van der Waals surface area contributed by atoms with Crippen LogP contribution in [0.4, 0.5) is 0 Å². The molecule has 1 saturated carbocycles. The summed E-state index contributed by atoms with van der Waals surface area (Å²) < 4.78 is 0. The zero-order chi connectivity index (χ0) is 17.2. The van der Waals surface area contributed by atoms with Gasteiger partial charge < -0.3 is 10.2 Å². The van der Waals surface area contributed by atoms with Gasteiger partial charge in [-0.2, -0.15) is 0 Å². The predicted molar refractivity (Wildman–Crippen MR) is 101 cm³/mol. The van der Waals surface area contributed by atoms with Crippen LogP contribution in [0.2, 0.25) is 0 Å². The number of aromatic hydroxyl groups is 1. The highest BCUT2D eigenvalue weighted by molar-refractivity contribution is 5.37. The molecule has 2 aliphatic carbocycles. The Morgan fingerprint density at radius 2 is 1.56 bits per heavy atom. The van der Waals surface area contributed by atoms with Crippen LogP contribution in [-0.2, 0) is 6.42 Å². The molecule has 4 rings (SSSR count). The smallest absolute Gasteiger partial charge is 0.115 e. The number of hydrogen-bond donors (Lipinski definition) is 2. The first-order chi connectivity index (χ1) is 12.2. The Balaban J connectivity index is 1.41. The second-order valence-electron chi connectivity index (χ2n) is 7.96. The van der Waals surface area contributed by atoms with Crippen LogP contribution in [-0.4, -0.2) is 10.2 Å². The van der Waals surface area contributed by atoms with E-state index in [4.69, 9.17) is 0 Å². The molecule has 2 N–H and O–H groups in total. The molecule has 0 bridgehead atoms. The molecule has 0 aliphatic heterocycles. The standard InChI is InChI=1S/C23H28O2/c24-21-12-13-22-20(14-21)11-10-19(15-23(22)25)18-8-6-17(7-9-18)16-4-2-1-3-5-16/h1-5,12-14,17-19,23-25H,6-11,15H2. The Morgan fingerprint density at radius 1 is 0.800 bits per heavy atom. The number of benzene rings is 2. The maximum Gasteiger partial charge on any atom is 0.115 e. The number of fused-ring (bicyclic) bond motifs is 1. The lowest BCUT2D eigenvalue weighted by molar-refractivity contribution is 0.112. The van der Waals surface area contributed by atoms with Crippen molar-refractivity contribution in [2.75, 3.05) is 0 Å². The lowest BCUT2D eigenvalue weighted by atomic mass is 9.71. The first kappa shape index (κ1) is 16.7. The first-order valence-electron chi connectivity index (χ1n) is 9.75. The molecule has 2 unspecified atom stereocenters. The van der Waals surface area contributed by atoms with Gasteiger partial charge in [0.05, 0.1) is 6.10 Å². The van der Waals surface area contributed by atoms with Crippen LogP contribution in [0.25, 0.3) is 0 Å². The average Bonchev–Trinajstić information content (AvgIpc) is 2.81. The quantitative estimate of drug-likeness (QED) is 0.726. The van der Waals surface area contributed by atoms with Crippen LogP contribution in [0.1, 0.15) is 67.2 Å². The van der Waals surface area contributed by atoms with Gasteiger partial charge in [-0.3, -0.25) is 0 Å². The fraction of sp³-hybridized carbons (Fsp3) is 0.478. The van der Waals surface area contributed by atoms with E-state index in [9.17, 15) is 10.2 Å². The van der Waals surface area contributed by atoms with E-state index >= 15 is 0 Å². The number of hydrogen-bond acceptors (Lipinski definition) is 2. The van der Waals surface area contributed by atoms with Gasteiger partial charge in [0, 0.05) is 0 Å². The summed E-state index contributed by atoms with van der Waals surface area (Å²) in [6.07, 6.45) is 7.70. The molecular formula is C23H28O2. The zero-order valence-electron chi connectivity index (χ0n) is 14.8. The van der Waals surface area contributed by atoms with Crippen molar-refractivity contribution in [2.24, 2.45) is 11.8 Å². The second-order valence-corrected chi connectivity index (χ2v) is 7.96. The SMILES string of the molecule is Oc1ccc2c(c1)CCC(C1CCC(c3ccccc3)CC1)CC2O. The third kappa shape index (κ3) is 3.59. The minimum Gasteiger partial charge on any atom is -0.508 e. The number of aliphatic hydroxyl groups excluding tert-OH is 1. The fourth-order valence-electron chi connectivity index (χ4n) is 5.08.